The van der Waals surface area contributed by atoms with Crippen LogP contribution in [0.2, 0.25) is 0 Å². The summed E-state index contributed by atoms with van der Waals surface area (Å²) in [5.74, 6) is 0.0968. The van der Waals surface area contributed by atoms with E-state index < -0.39 is 0 Å². The van der Waals surface area contributed by atoms with Crippen LogP contribution in [-0.4, -0.2) is 28.0 Å². The maximum atomic E-state index is 12.1. The Morgan fingerprint density at radius 2 is 2.35 bits per heavy atom. The maximum absolute atomic E-state index is 12.1. The van der Waals surface area contributed by atoms with Crippen LogP contribution < -0.4 is 15.5 Å². The number of amides is 1. The van der Waals surface area contributed by atoms with E-state index in [4.69, 9.17) is 4.74 Å². The number of hydrogen-bond acceptors (Lipinski definition) is 4. The van der Waals surface area contributed by atoms with Crippen LogP contribution in [0.5, 0.6) is 5.88 Å². The van der Waals surface area contributed by atoms with Crippen LogP contribution >= 0.6 is 0 Å². The summed E-state index contributed by atoms with van der Waals surface area (Å²) in [6.07, 6.45) is 1.42. The van der Waals surface area contributed by atoms with Crippen molar-refractivity contribution in [1.29, 1.82) is 0 Å². The number of pyridine rings is 1. The highest BCUT2D eigenvalue weighted by Crippen LogP contribution is 2.14. The molecule has 0 radical (unpaired) electrons. The van der Waals surface area contributed by atoms with Gasteiger partial charge < -0.3 is 20.0 Å². The van der Waals surface area contributed by atoms with E-state index in [1.807, 2.05) is 0 Å². The summed E-state index contributed by atoms with van der Waals surface area (Å²) < 4.78 is 5.08. The molecule has 0 fully saturated rings. The van der Waals surface area contributed by atoms with Gasteiger partial charge in [-0.15, -0.1) is 0 Å². The molecule has 0 atom stereocenters. The average Bonchev–Trinajstić information content (AvgIpc) is 2.75. The molecule has 3 N–H and O–H groups in total. The second-order valence-electron chi connectivity index (χ2n) is 3.50. The highest BCUT2D eigenvalue weighted by molar-refractivity contribution is 5.74. The van der Waals surface area contributed by atoms with Crippen molar-refractivity contribution in [1.82, 2.24) is 20.3 Å². The molecular formula is C10H12N4O3. The number of nitrogens with one attached hydrogen (secondary N) is 3. The summed E-state index contributed by atoms with van der Waals surface area (Å²) in [5, 5.41) is 2.56. The Labute approximate surface area is 96.2 Å². The number of H-pyrrole nitrogens is 2. The molecule has 7 nitrogen and oxygen atoms in total. The fourth-order valence-electron chi connectivity index (χ4n) is 1.55. The van der Waals surface area contributed by atoms with E-state index in [9.17, 15) is 9.59 Å². The molecule has 2 aromatic rings. The van der Waals surface area contributed by atoms with Crippen molar-refractivity contribution < 1.29 is 9.53 Å². The van der Waals surface area contributed by atoms with Crippen LogP contribution in [-0.2, 0) is 11.3 Å². The highest BCUT2D eigenvalue weighted by Gasteiger charge is 2.14. The van der Waals surface area contributed by atoms with E-state index in [-0.39, 0.29) is 17.9 Å². The number of methoxy groups -OCH3 is 1. The Bertz CT molecular complexity index is 614. The van der Waals surface area contributed by atoms with Crippen LogP contribution in [0.3, 0.4) is 0 Å². The molecule has 17 heavy (non-hydrogen) atoms. The summed E-state index contributed by atoms with van der Waals surface area (Å²) in [6.45, 7) is 1.50. The fourth-order valence-corrected chi connectivity index (χ4v) is 1.55. The molecule has 2 rings (SSSR count). The van der Waals surface area contributed by atoms with E-state index in [1.54, 1.807) is 0 Å². The van der Waals surface area contributed by atoms with Gasteiger partial charge in [0.2, 0.25) is 17.2 Å². The fraction of sp³-hybridized carbons (Fsp3) is 0.300. The number of aromatic nitrogens is 3. The van der Waals surface area contributed by atoms with Crippen LogP contribution in [0.1, 0.15) is 12.5 Å². The number of imidazole rings is 1. The van der Waals surface area contributed by atoms with Crippen LogP contribution in [0.25, 0.3) is 11.2 Å². The molecule has 0 saturated carbocycles. The third-order valence-electron chi connectivity index (χ3n) is 2.36. The van der Waals surface area contributed by atoms with Gasteiger partial charge in [-0.3, -0.25) is 9.59 Å². The highest BCUT2D eigenvalue weighted by atomic mass is 16.5. The van der Waals surface area contributed by atoms with Crippen LogP contribution in [0.4, 0.5) is 0 Å². The normalized spacial score (nSPS) is 10.5. The second-order valence-corrected chi connectivity index (χ2v) is 3.50. The number of rotatable bonds is 3. The van der Waals surface area contributed by atoms with Gasteiger partial charge in [-0.25, -0.2) is 4.98 Å². The predicted octanol–water partition coefficient (Wildman–Crippen LogP) is -0.104. The molecule has 0 bridgehead atoms. The van der Waals surface area contributed by atoms with Gasteiger partial charge in [0.1, 0.15) is 5.52 Å². The molecule has 0 unspecified atom stereocenters. The standard InChI is InChI=1S/C10H12N4O3/c1-5(15)11-3-6-8(16)7-9(13-4-12-7)14-10(6)17-2/h4H,3H2,1-2H3,(H,11,15)(H2,12,13,14,16). The van der Waals surface area contributed by atoms with Gasteiger partial charge in [0, 0.05) is 6.92 Å². The first-order chi connectivity index (χ1) is 8.13. The number of nitrogens with zero attached hydrogens (tertiary/aromatic N) is 1. The number of carbonyl (C=O) groups is 1. The zero-order chi connectivity index (χ0) is 12.4. The molecule has 0 aliphatic rings. The Morgan fingerprint density at radius 3 is 3.00 bits per heavy atom. The number of ether oxygens (including phenoxy) is 1. The lowest BCUT2D eigenvalue weighted by Gasteiger charge is -2.07. The first-order valence-corrected chi connectivity index (χ1v) is 5.00. The maximum Gasteiger partial charge on any atom is 0.217 e. The minimum absolute atomic E-state index is 0.114. The lowest BCUT2D eigenvalue weighted by molar-refractivity contribution is -0.119. The molecule has 2 aromatic heterocycles. The summed E-state index contributed by atoms with van der Waals surface area (Å²) in [5.41, 5.74) is 0.922. The van der Waals surface area contributed by atoms with Crippen molar-refractivity contribution in [2.75, 3.05) is 7.11 Å². The van der Waals surface area contributed by atoms with Gasteiger partial charge in [-0.05, 0) is 0 Å². The van der Waals surface area contributed by atoms with E-state index in [0.717, 1.165) is 0 Å². The summed E-state index contributed by atoms with van der Waals surface area (Å²) in [6, 6.07) is 0. The molecule has 0 aromatic carbocycles. The molecule has 0 aliphatic heterocycles. The number of fused-ring (bicyclic) bond motifs is 1. The van der Waals surface area contributed by atoms with Crippen LogP contribution in [0, 0.1) is 0 Å². The van der Waals surface area contributed by atoms with Gasteiger partial charge in [0.15, 0.2) is 5.65 Å². The Morgan fingerprint density at radius 1 is 1.59 bits per heavy atom. The summed E-state index contributed by atoms with van der Waals surface area (Å²) in [7, 11) is 1.45. The Hall–Kier alpha value is -2.31. The summed E-state index contributed by atoms with van der Waals surface area (Å²) >= 11 is 0. The van der Waals surface area contributed by atoms with Gasteiger partial charge in [-0.2, -0.15) is 0 Å². The number of carbonyl (C=O) groups excluding carboxylic acids is 1. The molecule has 2 heterocycles. The number of hydrogen-bond donors (Lipinski definition) is 3. The van der Waals surface area contributed by atoms with E-state index in [2.05, 4.69) is 20.3 Å². The summed E-state index contributed by atoms with van der Waals surface area (Å²) in [4.78, 5) is 32.5. The third-order valence-corrected chi connectivity index (χ3v) is 2.36. The first-order valence-electron chi connectivity index (χ1n) is 5.00. The third kappa shape index (κ3) is 1.99. The topological polar surface area (TPSA) is 99.9 Å². The van der Waals surface area contributed by atoms with Gasteiger partial charge in [0.05, 0.1) is 25.5 Å². The molecule has 7 heteroatoms. The smallest absolute Gasteiger partial charge is 0.217 e. The molecular weight excluding hydrogens is 224 g/mol. The monoisotopic (exact) mass is 236 g/mol. The zero-order valence-corrected chi connectivity index (χ0v) is 9.46. The second kappa shape index (κ2) is 4.28. The zero-order valence-electron chi connectivity index (χ0n) is 9.46. The lowest BCUT2D eigenvalue weighted by Crippen LogP contribution is -2.24. The Kier molecular flexibility index (Phi) is 2.82. The first kappa shape index (κ1) is 11.2. The minimum atomic E-state index is -0.234. The van der Waals surface area contributed by atoms with Crippen molar-refractivity contribution in [3.8, 4) is 5.88 Å². The Balaban J connectivity index is 2.54. The van der Waals surface area contributed by atoms with Crippen molar-refractivity contribution >= 4 is 17.1 Å². The van der Waals surface area contributed by atoms with Crippen molar-refractivity contribution in [3.63, 3.8) is 0 Å². The van der Waals surface area contributed by atoms with Crippen molar-refractivity contribution in [3.05, 3.63) is 22.1 Å². The van der Waals surface area contributed by atoms with Crippen LogP contribution in [0.15, 0.2) is 11.1 Å². The van der Waals surface area contributed by atoms with E-state index in [0.29, 0.717) is 22.6 Å². The molecule has 0 saturated heterocycles. The largest absolute Gasteiger partial charge is 0.482 e. The molecule has 90 valence electrons. The van der Waals surface area contributed by atoms with Crippen molar-refractivity contribution in [2.24, 2.45) is 0 Å². The van der Waals surface area contributed by atoms with Gasteiger partial charge >= 0.3 is 0 Å². The molecule has 1 amide bonds. The molecule has 0 aliphatic carbocycles. The van der Waals surface area contributed by atoms with Crippen molar-refractivity contribution in [2.45, 2.75) is 13.5 Å². The lowest BCUT2D eigenvalue weighted by atomic mass is 10.2. The van der Waals surface area contributed by atoms with Gasteiger partial charge in [-0.1, -0.05) is 0 Å². The quantitative estimate of drug-likeness (QED) is 0.692. The molecule has 0 spiro atoms. The van der Waals surface area contributed by atoms with Gasteiger partial charge in [0.25, 0.3) is 0 Å². The SMILES string of the molecule is COc1[nH]c2nc[nH]c2c(=O)c1CNC(C)=O. The minimum Gasteiger partial charge on any atom is -0.482 e. The predicted molar refractivity (Wildman–Crippen MR) is 60.8 cm³/mol. The van der Waals surface area contributed by atoms with E-state index in [1.165, 1.54) is 20.4 Å². The number of aromatic amines is 2. The van der Waals surface area contributed by atoms with E-state index >= 15 is 0 Å². The average molecular weight is 236 g/mol.